The van der Waals surface area contributed by atoms with Crippen LogP contribution in [-0.2, 0) is 9.53 Å². The number of piperidine rings is 1. The van der Waals surface area contributed by atoms with Crippen LogP contribution in [0.1, 0.15) is 33.6 Å². The van der Waals surface area contributed by atoms with Gasteiger partial charge in [0.1, 0.15) is 0 Å². The molecule has 1 heterocycles. The molecule has 4 nitrogen and oxygen atoms in total. The molecule has 100 valence electrons. The highest BCUT2D eigenvalue weighted by Gasteiger charge is 2.22. The van der Waals surface area contributed by atoms with Gasteiger partial charge in [-0.25, -0.2) is 0 Å². The van der Waals surface area contributed by atoms with Crippen LogP contribution < -0.4 is 5.32 Å². The van der Waals surface area contributed by atoms with Crippen molar-refractivity contribution in [1.82, 2.24) is 10.2 Å². The highest BCUT2D eigenvalue weighted by Crippen LogP contribution is 2.14. The molecule has 1 fully saturated rings. The van der Waals surface area contributed by atoms with Crippen LogP contribution in [0.4, 0.5) is 0 Å². The molecule has 1 aliphatic heterocycles. The Morgan fingerprint density at radius 2 is 2.18 bits per heavy atom. The number of carbonyl (C=O) groups excluding carboxylic acids is 1. The second-order valence-corrected chi connectivity index (χ2v) is 6.09. The van der Waals surface area contributed by atoms with E-state index in [4.69, 9.17) is 4.74 Å². The first-order chi connectivity index (χ1) is 7.90. The molecule has 1 atom stereocenters. The van der Waals surface area contributed by atoms with E-state index >= 15 is 0 Å². The van der Waals surface area contributed by atoms with Crippen molar-refractivity contribution < 1.29 is 9.53 Å². The van der Waals surface area contributed by atoms with Crippen molar-refractivity contribution >= 4 is 5.97 Å². The Bertz CT molecular complexity index is 248. The fraction of sp³-hybridized carbons (Fsp3) is 0.923. The van der Waals surface area contributed by atoms with Gasteiger partial charge < -0.3 is 10.1 Å². The molecule has 0 bridgehead atoms. The lowest BCUT2D eigenvalue weighted by Gasteiger charge is -2.34. The number of hydrogen-bond acceptors (Lipinski definition) is 4. The van der Waals surface area contributed by atoms with Crippen molar-refractivity contribution in [3.8, 4) is 0 Å². The van der Waals surface area contributed by atoms with Crippen molar-refractivity contribution in [2.75, 3.05) is 33.3 Å². The third-order valence-electron chi connectivity index (χ3n) is 3.01. The summed E-state index contributed by atoms with van der Waals surface area (Å²) in [6.45, 7) is 10.1. The van der Waals surface area contributed by atoms with E-state index in [1.165, 1.54) is 13.5 Å². The van der Waals surface area contributed by atoms with Crippen LogP contribution in [0.15, 0.2) is 0 Å². The molecular formula is C13H26N2O2. The van der Waals surface area contributed by atoms with Gasteiger partial charge in [0.05, 0.1) is 13.7 Å². The van der Waals surface area contributed by atoms with E-state index in [2.05, 4.69) is 31.0 Å². The van der Waals surface area contributed by atoms with Gasteiger partial charge in [-0.15, -0.1) is 0 Å². The average molecular weight is 242 g/mol. The Balaban J connectivity index is 2.31. The summed E-state index contributed by atoms with van der Waals surface area (Å²) >= 11 is 0. The Hall–Kier alpha value is -0.610. The summed E-state index contributed by atoms with van der Waals surface area (Å²) in [5, 5.41) is 3.59. The lowest BCUT2D eigenvalue weighted by Crippen LogP contribution is -2.49. The standard InChI is InChI=1S/C13H26N2O2/c1-13(2,3)10-14-11-6-5-7-15(8-11)9-12(16)17-4/h11,14H,5-10H2,1-4H3. The molecule has 1 unspecified atom stereocenters. The number of hydrogen-bond donors (Lipinski definition) is 1. The lowest BCUT2D eigenvalue weighted by atomic mass is 9.95. The normalized spacial score (nSPS) is 22.5. The van der Waals surface area contributed by atoms with Gasteiger partial charge >= 0.3 is 5.97 Å². The van der Waals surface area contributed by atoms with Crippen LogP contribution in [-0.4, -0.2) is 50.2 Å². The first-order valence-electron chi connectivity index (χ1n) is 6.43. The van der Waals surface area contributed by atoms with Crippen molar-refractivity contribution in [2.24, 2.45) is 5.41 Å². The van der Waals surface area contributed by atoms with Crippen molar-refractivity contribution in [3.05, 3.63) is 0 Å². The molecule has 1 saturated heterocycles. The lowest BCUT2D eigenvalue weighted by molar-refractivity contribution is -0.142. The van der Waals surface area contributed by atoms with Crippen molar-refractivity contribution in [2.45, 2.75) is 39.7 Å². The predicted octanol–water partition coefficient (Wildman–Crippen LogP) is 1.26. The van der Waals surface area contributed by atoms with Crippen molar-refractivity contribution in [1.29, 1.82) is 0 Å². The zero-order chi connectivity index (χ0) is 12.9. The summed E-state index contributed by atoms with van der Waals surface area (Å²) in [7, 11) is 1.45. The number of methoxy groups -OCH3 is 1. The van der Waals surface area contributed by atoms with Crippen LogP contribution in [0.25, 0.3) is 0 Å². The zero-order valence-electron chi connectivity index (χ0n) is 11.6. The smallest absolute Gasteiger partial charge is 0.319 e. The van der Waals surface area contributed by atoms with E-state index in [0.29, 0.717) is 18.0 Å². The summed E-state index contributed by atoms with van der Waals surface area (Å²) in [4.78, 5) is 13.4. The predicted molar refractivity (Wildman–Crippen MR) is 68.9 cm³/mol. The highest BCUT2D eigenvalue weighted by molar-refractivity contribution is 5.71. The van der Waals surface area contributed by atoms with Gasteiger partial charge in [0.15, 0.2) is 0 Å². The van der Waals surface area contributed by atoms with E-state index in [1.54, 1.807) is 0 Å². The number of rotatable bonds is 4. The Labute approximate surface area is 105 Å². The van der Waals surface area contributed by atoms with Gasteiger partial charge in [-0.05, 0) is 24.8 Å². The molecule has 4 heteroatoms. The molecule has 1 rings (SSSR count). The zero-order valence-corrected chi connectivity index (χ0v) is 11.6. The summed E-state index contributed by atoms with van der Waals surface area (Å²) in [5.41, 5.74) is 0.310. The maximum absolute atomic E-state index is 11.2. The highest BCUT2D eigenvalue weighted by atomic mass is 16.5. The average Bonchev–Trinajstić information content (AvgIpc) is 2.26. The number of likely N-dealkylation sites (tertiary alicyclic amines) is 1. The molecule has 0 spiro atoms. The number of esters is 1. The second-order valence-electron chi connectivity index (χ2n) is 6.09. The number of nitrogens with one attached hydrogen (secondary N) is 1. The van der Waals surface area contributed by atoms with Crippen LogP contribution in [0, 0.1) is 5.41 Å². The maximum atomic E-state index is 11.2. The van der Waals surface area contributed by atoms with E-state index in [1.807, 2.05) is 0 Å². The number of ether oxygens (including phenoxy) is 1. The van der Waals surface area contributed by atoms with Crippen molar-refractivity contribution in [3.63, 3.8) is 0 Å². The molecule has 0 saturated carbocycles. The summed E-state index contributed by atoms with van der Waals surface area (Å²) in [6, 6.07) is 0.507. The number of carbonyl (C=O) groups is 1. The first kappa shape index (κ1) is 14.5. The summed E-state index contributed by atoms with van der Waals surface area (Å²) in [5.74, 6) is -0.138. The van der Waals surface area contributed by atoms with Gasteiger partial charge in [-0.3, -0.25) is 9.69 Å². The minimum absolute atomic E-state index is 0.138. The molecule has 0 aromatic heterocycles. The summed E-state index contributed by atoms with van der Waals surface area (Å²) in [6.07, 6.45) is 2.35. The van der Waals surface area contributed by atoms with E-state index < -0.39 is 0 Å². The Morgan fingerprint density at radius 3 is 2.76 bits per heavy atom. The van der Waals surface area contributed by atoms with E-state index in [9.17, 15) is 4.79 Å². The van der Waals surface area contributed by atoms with E-state index in [0.717, 1.165) is 26.1 Å². The van der Waals surface area contributed by atoms with Crippen LogP contribution >= 0.6 is 0 Å². The molecular weight excluding hydrogens is 216 g/mol. The minimum atomic E-state index is -0.138. The molecule has 0 radical (unpaired) electrons. The minimum Gasteiger partial charge on any atom is -0.468 e. The summed E-state index contributed by atoms with van der Waals surface area (Å²) < 4.78 is 4.70. The first-order valence-corrected chi connectivity index (χ1v) is 6.43. The van der Waals surface area contributed by atoms with Crippen LogP contribution in [0.3, 0.4) is 0 Å². The SMILES string of the molecule is COC(=O)CN1CCCC(NCC(C)(C)C)C1. The third-order valence-corrected chi connectivity index (χ3v) is 3.01. The van der Waals surface area contributed by atoms with Gasteiger partial charge in [-0.1, -0.05) is 20.8 Å². The Kier molecular flexibility index (Phi) is 5.40. The second kappa shape index (κ2) is 6.36. The largest absolute Gasteiger partial charge is 0.468 e. The number of nitrogens with zero attached hydrogens (tertiary/aromatic N) is 1. The molecule has 0 aliphatic carbocycles. The monoisotopic (exact) mass is 242 g/mol. The molecule has 0 aromatic carbocycles. The molecule has 0 aromatic rings. The fourth-order valence-corrected chi connectivity index (χ4v) is 2.06. The van der Waals surface area contributed by atoms with Gasteiger partial charge in [0.25, 0.3) is 0 Å². The van der Waals surface area contributed by atoms with Gasteiger partial charge in [0, 0.05) is 19.1 Å². The van der Waals surface area contributed by atoms with Crippen LogP contribution in [0.2, 0.25) is 0 Å². The van der Waals surface area contributed by atoms with Gasteiger partial charge in [0.2, 0.25) is 0 Å². The topological polar surface area (TPSA) is 41.6 Å². The maximum Gasteiger partial charge on any atom is 0.319 e. The molecule has 1 aliphatic rings. The van der Waals surface area contributed by atoms with Crippen LogP contribution in [0.5, 0.6) is 0 Å². The fourth-order valence-electron chi connectivity index (χ4n) is 2.06. The molecule has 17 heavy (non-hydrogen) atoms. The third kappa shape index (κ3) is 6.03. The molecule has 0 amide bonds. The Morgan fingerprint density at radius 1 is 1.47 bits per heavy atom. The van der Waals surface area contributed by atoms with E-state index in [-0.39, 0.29) is 5.97 Å². The quantitative estimate of drug-likeness (QED) is 0.754. The molecule has 1 N–H and O–H groups in total. The van der Waals surface area contributed by atoms with Gasteiger partial charge in [-0.2, -0.15) is 0 Å².